The molecule has 0 saturated carbocycles. The highest BCUT2D eigenvalue weighted by atomic mass is 16.3. The van der Waals surface area contributed by atoms with Gasteiger partial charge in [-0.3, -0.25) is 4.90 Å². The van der Waals surface area contributed by atoms with Crippen molar-refractivity contribution < 1.29 is 4.42 Å². The Bertz CT molecular complexity index is 302. The van der Waals surface area contributed by atoms with Gasteiger partial charge in [0.25, 0.3) is 0 Å². The molecule has 1 N–H and O–H groups in total. The summed E-state index contributed by atoms with van der Waals surface area (Å²) in [5, 5.41) is 3.49. The minimum atomic E-state index is 0.590. The van der Waals surface area contributed by atoms with Gasteiger partial charge in [0.1, 0.15) is 0 Å². The molecule has 96 valence electrons. The zero-order valence-electron chi connectivity index (χ0n) is 11.0. The molecule has 2 rings (SSSR count). The summed E-state index contributed by atoms with van der Waals surface area (Å²) in [4.78, 5) is 2.54. The monoisotopic (exact) mass is 236 g/mol. The molecule has 1 atom stereocenters. The van der Waals surface area contributed by atoms with Crippen molar-refractivity contribution in [1.82, 2.24) is 10.2 Å². The molecule has 0 radical (unpaired) electrons. The highest BCUT2D eigenvalue weighted by molar-refractivity contribution is 5.05. The van der Waals surface area contributed by atoms with E-state index in [1.54, 1.807) is 6.26 Å². The molecule has 3 heteroatoms. The molecule has 1 saturated heterocycles. The van der Waals surface area contributed by atoms with Gasteiger partial charge in [-0.15, -0.1) is 0 Å². The number of hydrogen-bond acceptors (Lipinski definition) is 3. The fourth-order valence-electron chi connectivity index (χ4n) is 2.49. The maximum absolute atomic E-state index is 5.15. The van der Waals surface area contributed by atoms with Crippen LogP contribution in [0.2, 0.25) is 0 Å². The van der Waals surface area contributed by atoms with Gasteiger partial charge in [0.2, 0.25) is 0 Å². The number of piperidine rings is 1. The van der Waals surface area contributed by atoms with Crippen LogP contribution in [-0.2, 0) is 6.54 Å². The third-order valence-corrected chi connectivity index (χ3v) is 3.59. The van der Waals surface area contributed by atoms with Crippen LogP contribution in [0, 0.1) is 5.92 Å². The van der Waals surface area contributed by atoms with E-state index in [-0.39, 0.29) is 0 Å². The van der Waals surface area contributed by atoms with Gasteiger partial charge in [-0.25, -0.2) is 0 Å². The van der Waals surface area contributed by atoms with Crippen LogP contribution in [0.1, 0.15) is 32.3 Å². The Balaban J connectivity index is 1.87. The van der Waals surface area contributed by atoms with E-state index in [4.69, 9.17) is 4.42 Å². The molecule has 3 nitrogen and oxygen atoms in total. The van der Waals surface area contributed by atoms with E-state index in [0.29, 0.717) is 6.04 Å². The van der Waals surface area contributed by atoms with E-state index >= 15 is 0 Å². The lowest BCUT2D eigenvalue weighted by Gasteiger charge is -2.32. The molecule has 0 aliphatic carbocycles. The number of furan rings is 1. The number of rotatable bonds is 5. The predicted octanol–water partition coefficient (Wildman–Crippen LogP) is 2.49. The van der Waals surface area contributed by atoms with Gasteiger partial charge < -0.3 is 9.73 Å². The third kappa shape index (κ3) is 3.86. The maximum atomic E-state index is 5.15. The second kappa shape index (κ2) is 6.22. The van der Waals surface area contributed by atoms with Crippen LogP contribution in [0.4, 0.5) is 0 Å². The van der Waals surface area contributed by atoms with Gasteiger partial charge in [0, 0.05) is 24.7 Å². The molecule has 1 aliphatic rings. The Hall–Kier alpha value is -0.800. The normalized spacial score (nSPS) is 21.3. The summed E-state index contributed by atoms with van der Waals surface area (Å²) in [6.07, 6.45) is 6.30. The van der Waals surface area contributed by atoms with Crippen molar-refractivity contribution in [2.45, 2.75) is 39.3 Å². The van der Waals surface area contributed by atoms with Gasteiger partial charge in [-0.05, 0) is 51.8 Å². The van der Waals surface area contributed by atoms with Crippen LogP contribution in [0.5, 0.6) is 0 Å². The van der Waals surface area contributed by atoms with Crippen molar-refractivity contribution in [3.05, 3.63) is 24.2 Å². The van der Waals surface area contributed by atoms with Crippen molar-refractivity contribution in [1.29, 1.82) is 0 Å². The van der Waals surface area contributed by atoms with E-state index in [1.807, 2.05) is 6.26 Å². The first-order valence-corrected chi connectivity index (χ1v) is 6.71. The van der Waals surface area contributed by atoms with Crippen molar-refractivity contribution in [3.63, 3.8) is 0 Å². The zero-order valence-corrected chi connectivity index (χ0v) is 11.0. The van der Waals surface area contributed by atoms with Gasteiger partial charge in [0.15, 0.2) is 0 Å². The molecule has 0 spiro atoms. The van der Waals surface area contributed by atoms with Crippen LogP contribution in [-0.4, -0.2) is 30.6 Å². The van der Waals surface area contributed by atoms with Gasteiger partial charge in [0.05, 0.1) is 12.5 Å². The largest absolute Gasteiger partial charge is 0.472 e. The topological polar surface area (TPSA) is 28.4 Å². The molecule has 1 unspecified atom stereocenters. The fraction of sp³-hybridized carbons (Fsp3) is 0.714. The molecule has 17 heavy (non-hydrogen) atoms. The van der Waals surface area contributed by atoms with E-state index in [9.17, 15) is 0 Å². The van der Waals surface area contributed by atoms with Crippen LogP contribution in [0.3, 0.4) is 0 Å². The molecule has 1 aliphatic heterocycles. The summed E-state index contributed by atoms with van der Waals surface area (Å²) in [5.74, 6) is 0.804. The first kappa shape index (κ1) is 12.7. The van der Waals surface area contributed by atoms with Gasteiger partial charge in [-0.1, -0.05) is 0 Å². The van der Waals surface area contributed by atoms with Crippen molar-refractivity contribution in [3.8, 4) is 0 Å². The van der Waals surface area contributed by atoms with Gasteiger partial charge >= 0.3 is 0 Å². The third-order valence-electron chi connectivity index (χ3n) is 3.59. The Morgan fingerprint density at radius 3 is 3.00 bits per heavy atom. The lowest BCUT2D eigenvalue weighted by Crippen LogP contribution is -2.40. The minimum absolute atomic E-state index is 0.590. The lowest BCUT2D eigenvalue weighted by atomic mass is 9.98. The summed E-state index contributed by atoms with van der Waals surface area (Å²) in [6, 6.07) is 2.65. The summed E-state index contributed by atoms with van der Waals surface area (Å²) < 4.78 is 5.15. The molecule has 0 amide bonds. The standard InChI is InChI=1S/C14H24N2O/c1-12(2)16(10-14-5-7-17-11-14)9-13-4-3-6-15-8-13/h5,7,11-13,15H,3-4,6,8-10H2,1-2H3. The Morgan fingerprint density at radius 1 is 1.53 bits per heavy atom. The number of nitrogens with one attached hydrogen (secondary N) is 1. The SMILES string of the molecule is CC(C)N(Cc1ccoc1)CC1CCCNC1. The molecule has 0 bridgehead atoms. The molecule has 1 fully saturated rings. The average molecular weight is 236 g/mol. The van der Waals surface area contributed by atoms with Crippen LogP contribution in [0.25, 0.3) is 0 Å². The van der Waals surface area contributed by atoms with Crippen LogP contribution < -0.4 is 5.32 Å². The van der Waals surface area contributed by atoms with Crippen molar-refractivity contribution in [2.24, 2.45) is 5.92 Å². The van der Waals surface area contributed by atoms with E-state index in [0.717, 1.165) is 12.5 Å². The molecular formula is C14H24N2O. The molecular weight excluding hydrogens is 212 g/mol. The summed E-state index contributed by atoms with van der Waals surface area (Å²) in [5.41, 5.74) is 1.28. The van der Waals surface area contributed by atoms with Gasteiger partial charge in [-0.2, -0.15) is 0 Å². The highest BCUT2D eigenvalue weighted by Gasteiger charge is 2.19. The smallest absolute Gasteiger partial charge is 0.0947 e. The summed E-state index contributed by atoms with van der Waals surface area (Å²) in [6.45, 7) is 9.11. The van der Waals surface area contributed by atoms with E-state index in [1.165, 1.54) is 38.0 Å². The first-order valence-electron chi connectivity index (χ1n) is 6.71. The Morgan fingerprint density at radius 2 is 2.41 bits per heavy atom. The quantitative estimate of drug-likeness (QED) is 0.851. The van der Waals surface area contributed by atoms with Crippen LogP contribution in [0.15, 0.2) is 23.0 Å². The fourth-order valence-corrected chi connectivity index (χ4v) is 2.49. The predicted molar refractivity (Wildman–Crippen MR) is 69.8 cm³/mol. The number of hydrogen-bond donors (Lipinski definition) is 1. The van der Waals surface area contributed by atoms with Crippen LogP contribution >= 0.6 is 0 Å². The molecule has 1 aromatic heterocycles. The molecule has 0 aromatic carbocycles. The Kier molecular flexibility index (Phi) is 4.63. The Labute approximate surface area is 104 Å². The van der Waals surface area contributed by atoms with E-state index in [2.05, 4.69) is 30.1 Å². The number of nitrogens with zero attached hydrogens (tertiary/aromatic N) is 1. The first-order chi connectivity index (χ1) is 8.25. The maximum Gasteiger partial charge on any atom is 0.0947 e. The molecule has 2 heterocycles. The minimum Gasteiger partial charge on any atom is -0.472 e. The second-order valence-corrected chi connectivity index (χ2v) is 5.37. The van der Waals surface area contributed by atoms with Crippen molar-refractivity contribution >= 4 is 0 Å². The zero-order chi connectivity index (χ0) is 12.1. The molecule has 1 aromatic rings. The lowest BCUT2D eigenvalue weighted by molar-refractivity contribution is 0.163. The summed E-state index contributed by atoms with van der Waals surface area (Å²) in [7, 11) is 0. The van der Waals surface area contributed by atoms with E-state index < -0.39 is 0 Å². The second-order valence-electron chi connectivity index (χ2n) is 5.37. The van der Waals surface area contributed by atoms with Crippen molar-refractivity contribution in [2.75, 3.05) is 19.6 Å². The average Bonchev–Trinajstić information content (AvgIpc) is 2.82. The highest BCUT2D eigenvalue weighted by Crippen LogP contribution is 2.16. The summed E-state index contributed by atoms with van der Waals surface area (Å²) >= 11 is 0.